The van der Waals surface area contributed by atoms with Crippen LogP contribution in [0.15, 0.2) is 29.3 Å². The van der Waals surface area contributed by atoms with Crippen molar-refractivity contribution < 1.29 is 9.53 Å². The van der Waals surface area contributed by atoms with Gasteiger partial charge >= 0.3 is 0 Å². The van der Waals surface area contributed by atoms with Crippen molar-refractivity contribution in [1.82, 2.24) is 9.97 Å². The van der Waals surface area contributed by atoms with Crippen molar-refractivity contribution in [3.8, 4) is 11.8 Å². The third kappa shape index (κ3) is 5.00. The van der Waals surface area contributed by atoms with Gasteiger partial charge in [-0.05, 0) is 69.4 Å². The summed E-state index contributed by atoms with van der Waals surface area (Å²) in [4.78, 5) is 22.1. The van der Waals surface area contributed by atoms with Gasteiger partial charge in [-0.15, -0.1) is 0 Å². The van der Waals surface area contributed by atoms with Gasteiger partial charge in [0.05, 0.1) is 27.6 Å². The molecule has 0 spiro atoms. The van der Waals surface area contributed by atoms with Crippen LogP contribution in [-0.4, -0.2) is 27.7 Å². The first kappa shape index (κ1) is 21.6. The number of benzene rings is 1. The monoisotopic (exact) mass is 452 g/mol. The molecule has 0 radical (unpaired) electrons. The van der Waals surface area contributed by atoms with E-state index in [1.54, 1.807) is 0 Å². The minimum atomic E-state index is -0.408. The van der Waals surface area contributed by atoms with Crippen LogP contribution in [0.1, 0.15) is 49.9 Å². The highest BCUT2D eigenvalue weighted by Crippen LogP contribution is 2.32. The predicted molar refractivity (Wildman–Crippen MR) is 125 cm³/mol. The number of aromatic nitrogens is 2. The summed E-state index contributed by atoms with van der Waals surface area (Å²) in [7, 11) is 0. The molecule has 2 heterocycles. The lowest BCUT2D eigenvalue weighted by Gasteiger charge is -2.13. The van der Waals surface area contributed by atoms with Crippen LogP contribution in [0, 0.1) is 11.3 Å². The number of carbonyl (C=O) groups is 1. The van der Waals surface area contributed by atoms with Crippen LogP contribution in [0.2, 0.25) is 0 Å². The molecule has 0 bridgehead atoms. The lowest BCUT2D eigenvalue weighted by Crippen LogP contribution is -2.22. The van der Waals surface area contributed by atoms with E-state index < -0.39 is 5.25 Å². The lowest BCUT2D eigenvalue weighted by molar-refractivity contribution is -0.115. The molecule has 1 N–H and O–H groups in total. The number of hydrogen-bond donors (Lipinski definition) is 1. The van der Waals surface area contributed by atoms with Crippen LogP contribution >= 0.6 is 23.1 Å². The number of nitrogens with one attached hydrogen (secondary N) is 1. The summed E-state index contributed by atoms with van der Waals surface area (Å²) >= 11 is 2.75. The van der Waals surface area contributed by atoms with Crippen molar-refractivity contribution in [3.05, 3.63) is 41.1 Å². The number of fused-ring (bicyclic) bond motifs is 2. The van der Waals surface area contributed by atoms with Gasteiger partial charge in [0, 0.05) is 5.69 Å². The summed E-state index contributed by atoms with van der Waals surface area (Å²) in [6.07, 6.45) is 5.35. The summed E-state index contributed by atoms with van der Waals surface area (Å²) in [6.45, 7) is 4.37. The molecule has 1 atom stereocenters. The molecule has 1 aliphatic carbocycles. The van der Waals surface area contributed by atoms with E-state index in [4.69, 9.17) is 9.72 Å². The average Bonchev–Trinajstić information content (AvgIpc) is 3.01. The molecule has 8 heteroatoms. The second kappa shape index (κ2) is 9.67. The molecule has 0 aliphatic heterocycles. The van der Waals surface area contributed by atoms with Gasteiger partial charge in [0.2, 0.25) is 5.91 Å². The SMILES string of the molecule is CCOc1ccc2nc(NC(=O)C(C)Sc3nc4c(cc3C#N)CCCCC4)sc2c1. The van der Waals surface area contributed by atoms with Gasteiger partial charge in [-0.25, -0.2) is 9.97 Å². The first-order valence-electron chi connectivity index (χ1n) is 10.5. The van der Waals surface area contributed by atoms with Crippen LogP contribution in [0.5, 0.6) is 5.75 Å². The Morgan fingerprint density at radius 2 is 2.13 bits per heavy atom. The Hall–Kier alpha value is -2.63. The average molecular weight is 453 g/mol. The number of anilines is 1. The maximum atomic E-state index is 12.8. The number of nitriles is 1. The fraction of sp³-hybridized carbons (Fsp3) is 0.391. The van der Waals surface area contributed by atoms with Crippen LogP contribution in [-0.2, 0) is 17.6 Å². The van der Waals surface area contributed by atoms with Crippen molar-refractivity contribution >= 4 is 44.4 Å². The Kier molecular flexibility index (Phi) is 6.73. The molecule has 0 saturated heterocycles. The molecular formula is C23H24N4O2S2. The first-order chi connectivity index (χ1) is 15.1. The molecule has 2 aromatic heterocycles. The zero-order chi connectivity index (χ0) is 21.8. The highest BCUT2D eigenvalue weighted by atomic mass is 32.2. The molecule has 160 valence electrons. The van der Waals surface area contributed by atoms with Gasteiger partial charge in [0.25, 0.3) is 0 Å². The van der Waals surface area contributed by atoms with E-state index in [1.165, 1.54) is 35.1 Å². The zero-order valence-electron chi connectivity index (χ0n) is 17.6. The van der Waals surface area contributed by atoms with E-state index in [0.717, 1.165) is 47.3 Å². The van der Waals surface area contributed by atoms with Crippen LogP contribution in [0.4, 0.5) is 5.13 Å². The number of amides is 1. The van der Waals surface area contributed by atoms with Gasteiger partial charge in [0.1, 0.15) is 16.8 Å². The minimum absolute atomic E-state index is 0.158. The molecule has 1 unspecified atom stereocenters. The van der Waals surface area contributed by atoms with E-state index in [1.807, 2.05) is 38.1 Å². The summed E-state index contributed by atoms with van der Waals surface area (Å²) in [5, 5.41) is 13.3. The fourth-order valence-electron chi connectivity index (χ4n) is 3.60. The Morgan fingerprint density at radius 1 is 1.29 bits per heavy atom. The van der Waals surface area contributed by atoms with E-state index in [9.17, 15) is 10.1 Å². The molecule has 6 nitrogen and oxygen atoms in total. The number of carbonyl (C=O) groups excluding carboxylic acids is 1. The maximum absolute atomic E-state index is 12.8. The third-order valence-corrected chi connectivity index (χ3v) is 7.23. The van der Waals surface area contributed by atoms with Gasteiger partial charge in [0.15, 0.2) is 5.13 Å². The Labute approximate surface area is 190 Å². The molecule has 0 fully saturated rings. The highest BCUT2D eigenvalue weighted by molar-refractivity contribution is 8.00. The Morgan fingerprint density at radius 3 is 2.94 bits per heavy atom. The number of thiazole rings is 1. The molecule has 1 aromatic carbocycles. The van der Waals surface area contributed by atoms with Gasteiger partial charge in [-0.1, -0.05) is 29.5 Å². The van der Waals surface area contributed by atoms with Gasteiger partial charge in [-0.3, -0.25) is 4.79 Å². The topological polar surface area (TPSA) is 87.9 Å². The molecule has 0 saturated carbocycles. The number of nitrogens with zero attached hydrogens (tertiary/aromatic N) is 3. The number of hydrogen-bond acceptors (Lipinski definition) is 7. The van der Waals surface area contributed by atoms with Crippen molar-refractivity contribution in [3.63, 3.8) is 0 Å². The van der Waals surface area contributed by atoms with Gasteiger partial charge < -0.3 is 10.1 Å². The summed E-state index contributed by atoms with van der Waals surface area (Å²) in [5.74, 6) is 0.633. The third-order valence-electron chi connectivity index (χ3n) is 5.19. The number of aryl methyl sites for hydroxylation is 2. The lowest BCUT2D eigenvalue weighted by atomic mass is 10.1. The van der Waals surface area contributed by atoms with Crippen molar-refractivity contribution in [2.24, 2.45) is 0 Å². The molecule has 4 rings (SSSR count). The van der Waals surface area contributed by atoms with Crippen LogP contribution in [0.3, 0.4) is 0 Å². The maximum Gasteiger partial charge on any atom is 0.239 e. The van der Waals surface area contributed by atoms with E-state index in [0.29, 0.717) is 22.3 Å². The summed E-state index contributed by atoms with van der Waals surface area (Å²) < 4.78 is 6.49. The minimum Gasteiger partial charge on any atom is -0.494 e. The first-order valence-corrected chi connectivity index (χ1v) is 12.2. The Balaban J connectivity index is 1.48. The second-order valence-electron chi connectivity index (χ2n) is 7.45. The van der Waals surface area contributed by atoms with Crippen molar-refractivity contribution in [2.45, 2.75) is 56.2 Å². The number of rotatable bonds is 6. The number of pyridine rings is 1. The molecule has 1 amide bonds. The predicted octanol–water partition coefficient (Wildman–Crippen LogP) is 5.35. The standard InChI is InChI=1S/C23H24N4O2S2/c1-3-29-17-9-10-19-20(12-17)31-23(26-19)27-21(28)14(2)30-22-16(13-24)11-15-7-5-4-6-8-18(15)25-22/h9-12,14H,3-8H2,1-2H3,(H,26,27,28). The molecular weight excluding hydrogens is 428 g/mol. The second-order valence-corrected chi connectivity index (χ2v) is 9.81. The van der Waals surface area contributed by atoms with Crippen molar-refractivity contribution in [2.75, 3.05) is 11.9 Å². The van der Waals surface area contributed by atoms with E-state index >= 15 is 0 Å². The molecule has 3 aromatic rings. The summed E-state index contributed by atoms with van der Waals surface area (Å²) in [6, 6.07) is 9.92. The number of ether oxygens (including phenoxy) is 1. The highest BCUT2D eigenvalue weighted by Gasteiger charge is 2.21. The number of thioether (sulfide) groups is 1. The largest absolute Gasteiger partial charge is 0.494 e. The van der Waals surface area contributed by atoms with E-state index in [-0.39, 0.29) is 5.91 Å². The Bertz CT molecular complexity index is 1150. The van der Waals surface area contributed by atoms with Crippen LogP contribution < -0.4 is 10.1 Å². The smallest absolute Gasteiger partial charge is 0.239 e. The van der Waals surface area contributed by atoms with Gasteiger partial charge in [-0.2, -0.15) is 5.26 Å². The van der Waals surface area contributed by atoms with E-state index in [2.05, 4.69) is 16.4 Å². The van der Waals surface area contributed by atoms with Crippen molar-refractivity contribution in [1.29, 1.82) is 5.26 Å². The normalized spacial score (nSPS) is 14.4. The summed E-state index contributed by atoms with van der Waals surface area (Å²) in [5.41, 5.74) is 3.62. The quantitative estimate of drug-likeness (QED) is 0.401. The molecule has 31 heavy (non-hydrogen) atoms. The fourth-order valence-corrected chi connectivity index (χ4v) is 5.40. The van der Waals surface area contributed by atoms with Crippen LogP contribution in [0.25, 0.3) is 10.2 Å². The molecule has 1 aliphatic rings. The zero-order valence-corrected chi connectivity index (χ0v) is 19.2.